The van der Waals surface area contributed by atoms with Gasteiger partial charge in [0.25, 0.3) is 0 Å². The summed E-state index contributed by atoms with van der Waals surface area (Å²) in [5.41, 5.74) is 5.59. The number of hydrogen-bond acceptors (Lipinski definition) is 2. The van der Waals surface area contributed by atoms with E-state index in [4.69, 9.17) is 4.98 Å². The van der Waals surface area contributed by atoms with Crippen LogP contribution >= 0.6 is 0 Å². The Bertz CT molecular complexity index is 1270. The molecule has 0 saturated carbocycles. The zero-order valence-electron chi connectivity index (χ0n) is 16.5. The monoisotopic (exact) mass is 403 g/mol. The van der Waals surface area contributed by atoms with Crippen LogP contribution in [0.3, 0.4) is 0 Å². The Morgan fingerprint density at radius 3 is 2.47 bits per heavy atom. The van der Waals surface area contributed by atoms with Gasteiger partial charge in [-0.1, -0.05) is 29.8 Å². The molecule has 0 fully saturated rings. The number of carbonyl (C=O) groups is 1. The highest BCUT2D eigenvalue weighted by molar-refractivity contribution is 6.02. The second-order valence-electron chi connectivity index (χ2n) is 7.10. The number of hydrogen-bond donors (Lipinski definition) is 1. The lowest BCUT2D eigenvalue weighted by atomic mass is 10.1. The Kier molecular flexibility index (Phi) is 5.14. The molecule has 0 bridgehead atoms. The quantitative estimate of drug-likeness (QED) is 0.454. The van der Waals surface area contributed by atoms with Crippen LogP contribution in [0, 0.1) is 25.5 Å². The van der Waals surface area contributed by atoms with E-state index in [2.05, 4.69) is 5.32 Å². The zero-order valence-corrected chi connectivity index (χ0v) is 16.5. The van der Waals surface area contributed by atoms with Crippen molar-refractivity contribution in [2.24, 2.45) is 0 Å². The molecule has 4 aromatic rings. The van der Waals surface area contributed by atoms with Crippen LogP contribution in [0.25, 0.3) is 23.0 Å². The summed E-state index contributed by atoms with van der Waals surface area (Å²) >= 11 is 0. The minimum Gasteiger partial charge on any atom is -0.322 e. The summed E-state index contributed by atoms with van der Waals surface area (Å²) in [6.07, 6.45) is 4.92. The highest BCUT2D eigenvalue weighted by Gasteiger charge is 2.13. The van der Waals surface area contributed by atoms with Crippen LogP contribution in [-0.2, 0) is 4.79 Å². The van der Waals surface area contributed by atoms with E-state index in [1.165, 1.54) is 12.1 Å². The van der Waals surface area contributed by atoms with E-state index in [0.717, 1.165) is 45.9 Å². The largest absolute Gasteiger partial charge is 0.322 e. The summed E-state index contributed by atoms with van der Waals surface area (Å²) in [6.45, 7) is 4.01. The van der Waals surface area contributed by atoms with Crippen molar-refractivity contribution in [1.29, 1.82) is 0 Å². The van der Waals surface area contributed by atoms with Gasteiger partial charge < -0.3 is 5.32 Å². The molecule has 0 aliphatic heterocycles. The van der Waals surface area contributed by atoms with Crippen molar-refractivity contribution in [2.45, 2.75) is 13.8 Å². The van der Waals surface area contributed by atoms with Gasteiger partial charge in [0.1, 0.15) is 5.65 Å². The average molecular weight is 403 g/mol. The summed E-state index contributed by atoms with van der Waals surface area (Å²) in [5.74, 6) is -2.44. The number of benzene rings is 2. The number of rotatable bonds is 4. The zero-order chi connectivity index (χ0) is 21.3. The van der Waals surface area contributed by atoms with Crippen LogP contribution in [0.5, 0.6) is 0 Å². The second-order valence-corrected chi connectivity index (χ2v) is 7.10. The maximum absolute atomic E-state index is 13.4. The third-order valence-electron chi connectivity index (χ3n) is 4.72. The topological polar surface area (TPSA) is 46.4 Å². The van der Waals surface area contributed by atoms with E-state index in [9.17, 15) is 13.6 Å². The van der Waals surface area contributed by atoms with Gasteiger partial charge in [-0.2, -0.15) is 0 Å². The smallest absolute Gasteiger partial charge is 0.248 e. The van der Waals surface area contributed by atoms with Gasteiger partial charge in [0, 0.05) is 29.6 Å². The average Bonchev–Trinajstić information content (AvgIpc) is 3.07. The number of aryl methyl sites for hydroxylation is 2. The van der Waals surface area contributed by atoms with Crippen molar-refractivity contribution < 1.29 is 13.6 Å². The lowest BCUT2D eigenvalue weighted by Gasteiger charge is -2.04. The Morgan fingerprint density at radius 1 is 0.967 bits per heavy atom. The minimum absolute atomic E-state index is 0.177. The maximum Gasteiger partial charge on any atom is 0.248 e. The third kappa shape index (κ3) is 3.98. The highest BCUT2D eigenvalue weighted by Crippen LogP contribution is 2.26. The van der Waals surface area contributed by atoms with Crippen LogP contribution < -0.4 is 5.32 Å². The number of aromatic nitrogens is 2. The maximum atomic E-state index is 13.4. The summed E-state index contributed by atoms with van der Waals surface area (Å²) in [4.78, 5) is 17.1. The molecule has 0 atom stereocenters. The van der Waals surface area contributed by atoms with Crippen molar-refractivity contribution in [2.75, 3.05) is 5.32 Å². The Balaban J connectivity index is 1.69. The van der Waals surface area contributed by atoms with E-state index in [1.54, 1.807) is 6.08 Å². The molecule has 0 saturated heterocycles. The summed E-state index contributed by atoms with van der Waals surface area (Å²) in [7, 11) is 0. The minimum atomic E-state index is -1.02. The number of imidazole rings is 1. The van der Waals surface area contributed by atoms with E-state index in [-0.39, 0.29) is 5.69 Å². The van der Waals surface area contributed by atoms with E-state index >= 15 is 0 Å². The molecule has 6 heteroatoms. The number of pyridine rings is 1. The Labute approximate surface area is 172 Å². The molecule has 4 nitrogen and oxygen atoms in total. The molecule has 150 valence electrons. The predicted molar refractivity (Wildman–Crippen MR) is 114 cm³/mol. The van der Waals surface area contributed by atoms with Crippen molar-refractivity contribution in [1.82, 2.24) is 9.38 Å². The molecule has 30 heavy (non-hydrogen) atoms. The first-order valence-corrected chi connectivity index (χ1v) is 9.40. The van der Waals surface area contributed by atoms with E-state index < -0.39 is 17.5 Å². The molecule has 0 spiro atoms. The normalized spacial score (nSPS) is 11.3. The third-order valence-corrected chi connectivity index (χ3v) is 4.72. The Hall–Kier alpha value is -3.80. The van der Waals surface area contributed by atoms with E-state index in [1.807, 2.05) is 60.8 Å². The lowest BCUT2D eigenvalue weighted by Crippen LogP contribution is -2.08. The van der Waals surface area contributed by atoms with Crippen molar-refractivity contribution in [3.05, 3.63) is 95.3 Å². The van der Waals surface area contributed by atoms with Gasteiger partial charge in [0.15, 0.2) is 11.6 Å². The van der Waals surface area contributed by atoms with Gasteiger partial charge in [0.05, 0.1) is 11.4 Å². The SMILES string of the molecule is Cc1ccc(-c2nc3cc(C)ccn3c2/C=C/C(=O)Nc2ccc(F)c(F)c2)cc1. The molecule has 4 rings (SSSR count). The first-order chi connectivity index (χ1) is 14.4. The molecule has 0 aliphatic carbocycles. The number of halogens is 2. The summed E-state index contributed by atoms with van der Waals surface area (Å²) in [5, 5.41) is 2.53. The van der Waals surface area contributed by atoms with Gasteiger partial charge in [-0.25, -0.2) is 13.8 Å². The molecule has 1 N–H and O–H groups in total. The van der Waals surface area contributed by atoms with Crippen LogP contribution in [-0.4, -0.2) is 15.3 Å². The number of carbonyl (C=O) groups excluding carboxylic acids is 1. The van der Waals surface area contributed by atoms with Gasteiger partial charge in [-0.15, -0.1) is 0 Å². The molecule has 2 aromatic carbocycles. The van der Waals surface area contributed by atoms with Crippen LogP contribution in [0.4, 0.5) is 14.5 Å². The molecule has 0 radical (unpaired) electrons. The highest BCUT2D eigenvalue weighted by atomic mass is 19.2. The molecule has 1 amide bonds. The molecular formula is C24H19F2N3O. The fourth-order valence-corrected chi connectivity index (χ4v) is 3.16. The van der Waals surface area contributed by atoms with E-state index in [0.29, 0.717) is 0 Å². The van der Waals surface area contributed by atoms with Crippen LogP contribution in [0.15, 0.2) is 66.9 Å². The lowest BCUT2D eigenvalue weighted by molar-refractivity contribution is -0.111. The number of fused-ring (bicyclic) bond motifs is 1. The molecule has 2 heterocycles. The standard InChI is InChI=1S/C24H19F2N3O/c1-15-3-5-17(6-4-15)24-21(29-12-11-16(2)13-22(29)28-24)9-10-23(30)27-18-7-8-19(25)20(26)14-18/h3-14H,1-2H3,(H,27,30)/b10-9+. The second kappa shape index (κ2) is 7.91. The van der Waals surface area contributed by atoms with Gasteiger partial charge >= 0.3 is 0 Å². The predicted octanol–water partition coefficient (Wildman–Crippen LogP) is 5.55. The first-order valence-electron chi connectivity index (χ1n) is 9.40. The Morgan fingerprint density at radius 2 is 1.73 bits per heavy atom. The number of nitrogens with one attached hydrogen (secondary N) is 1. The molecule has 0 unspecified atom stereocenters. The molecular weight excluding hydrogens is 384 g/mol. The number of amides is 1. The van der Waals surface area contributed by atoms with Gasteiger partial charge in [0.2, 0.25) is 5.91 Å². The van der Waals surface area contributed by atoms with Crippen LogP contribution in [0.2, 0.25) is 0 Å². The van der Waals surface area contributed by atoms with Crippen molar-refractivity contribution in [3.63, 3.8) is 0 Å². The van der Waals surface area contributed by atoms with Crippen LogP contribution in [0.1, 0.15) is 16.8 Å². The van der Waals surface area contributed by atoms with Crippen molar-refractivity contribution >= 4 is 23.3 Å². The van der Waals surface area contributed by atoms with Gasteiger partial charge in [-0.3, -0.25) is 9.20 Å². The summed E-state index contributed by atoms with van der Waals surface area (Å²) in [6, 6.07) is 15.1. The first kappa shape index (κ1) is 19.5. The number of anilines is 1. The fraction of sp³-hybridized carbons (Fsp3) is 0.0833. The number of nitrogens with zero attached hydrogens (tertiary/aromatic N) is 2. The fourth-order valence-electron chi connectivity index (χ4n) is 3.16. The summed E-state index contributed by atoms with van der Waals surface area (Å²) < 4.78 is 28.3. The van der Waals surface area contributed by atoms with Gasteiger partial charge in [-0.05, 0) is 49.8 Å². The molecule has 2 aromatic heterocycles. The van der Waals surface area contributed by atoms with Crippen molar-refractivity contribution in [3.8, 4) is 11.3 Å². The molecule has 0 aliphatic rings.